The lowest BCUT2D eigenvalue weighted by atomic mass is 10.3. The fourth-order valence-electron chi connectivity index (χ4n) is 1.25. The molecule has 0 aliphatic heterocycles. The van der Waals surface area contributed by atoms with Crippen LogP contribution >= 0.6 is 27.5 Å². The van der Waals surface area contributed by atoms with Crippen molar-refractivity contribution >= 4 is 39.0 Å². The van der Waals surface area contributed by atoms with E-state index in [1.165, 1.54) is 19.2 Å². The minimum atomic E-state index is -0.471. The van der Waals surface area contributed by atoms with E-state index < -0.39 is 5.82 Å². The largest absolute Gasteiger partial charge is 0.467 e. The quantitative estimate of drug-likeness (QED) is 0.929. The van der Waals surface area contributed by atoms with E-state index in [0.717, 1.165) is 0 Å². The van der Waals surface area contributed by atoms with Crippen molar-refractivity contribution < 1.29 is 9.13 Å². The molecule has 0 saturated heterocycles. The second kappa shape index (κ2) is 5.49. The van der Waals surface area contributed by atoms with Gasteiger partial charge in [0, 0.05) is 5.69 Å². The summed E-state index contributed by atoms with van der Waals surface area (Å²) in [6.07, 6.45) is 1.55. The third-order valence-corrected chi connectivity index (χ3v) is 2.96. The van der Waals surface area contributed by atoms with Gasteiger partial charge in [-0.15, -0.1) is 0 Å². The number of ether oxygens (including phenoxy) is 1. The molecule has 0 bridgehead atoms. The van der Waals surface area contributed by atoms with E-state index in [2.05, 4.69) is 31.2 Å². The molecule has 0 amide bonds. The zero-order valence-electron chi connectivity index (χ0n) is 9.25. The number of methoxy groups -OCH3 is 1. The number of hydrogen-bond donors (Lipinski definition) is 1. The SMILES string of the molecule is COc1ncc(Br)c(Nc2ccc(F)c(Cl)c2)n1. The molecular formula is C11H8BrClFN3O. The van der Waals surface area contributed by atoms with E-state index in [1.807, 2.05) is 0 Å². The molecule has 0 fully saturated rings. The number of nitrogens with one attached hydrogen (secondary N) is 1. The van der Waals surface area contributed by atoms with Crippen LogP contribution in [0.1, 0.15) is 0 Å². The van der Waals surface area contributed by atoms with Gasteiger partial charge in [0.25, 0.3) is 0 Å². The van der Waals surface area contributed by atoms with Gasteiger partial charge >= 0.3 is 6.01 Å². The Bertz CT molecular complexity index is 582. The Labute approximate surface area is 116 Å². The molecule has 1 aromatic heterocycles. The van der Waals surface area contributed by atoms with Gasteiger partial charge in [0.05, 0.1) is 22.8 Å². The standard InChI is InChI=1S/C11H8BrClFN3O/c1-18-11-15-5-7(12)10(17-11)16-6-2-3-9(14)8(13)4-6/h2-5H,1H3,(H,15,16,17). The number of rotatable bonds is 3. The molecule has 4 nitrogen and oxygen atoms in total. The number of hydrogen-bond acceptors (Lipinski definition) is 4. The van der Waals surface area contributed by atoms with Gasteiger partial charge in [0.1, 0.15) is 5.82 Å². The first-order chi connectivity index (χ1) is 8.60. The first-order valence-electron chi connectivity index (χ1n) is 4.89. The van der Waals surface area contributed by atoms with Crippen molar-refractivity contribution in [1.82, 2.24) is 9.97 Å². The molecule has 0 aliphatic carbocycles. The van der Waals surface area contributed by atoms with Crippen LogP contribution in [0.2, 0.25) is 5.02 Å². The Morgan fingerprint density at radius 3 is 2.89 bits per heavy atom. The average molecular weight is 333 g/mol. The lowest BCUT2D eigenvalue weighted by molar-refractivity contribution is 0.380. The molecular weight excluding hydrogens is 324 g/mol. The lowest BCUT2D eigenvalue weighted by Crippen LogP contribution is -1.99. The normalized spacial score (nSPS) is 10.2. The molecule has 18 heavy (non-hydrogen) atoms. The summed E-state index contributed by atoms with van der Waals surface area (Å²) < 4.78 is 18.6. The Hall–Kier alpha value is -1.40. The molecule has 0 spiro atoms. The molecule has 7 heteroatoms. The highest BCUT2D eigenvalue weighted by atomic mass is 79.9. The number of nitrogens with zero attached hydrogens (tertiary/aromatic N) is 2. The highest BCUT2D eigenvalue weighted by Crippen LogP contribution is 2.26. The van der Waals surface area contributed by atoms with Crippen LogP contribution in [0, 0.1) is 5.82 Å². The molecule has 94 valence electrons. The van der Waals surface area contributed by atoms with Crippen LogP contribution in [-0.2, 0) is 0 Å². The van der Waals surface area contributed by atoms with E-state index in [-0.39, 0.29) is 11.0 Å². The van der Waals surface area contributed by atoms with Crippen molar-refractivity contribution in [1.29, 1.82) is 0 Å². The Morgan fingerprint density at radius 2 is 2.22 bits per heavy atom. The maximum atomic E-state index is 13.0. The smallest absolute Gasteiger partial charge is 0.318 e. The Morgan fingerprint density at radius 1 is 1.44 bits per heavy atom. The lowest BCUT2D eigenvalue weighted by Gasteiger charge is -2.08. The van der Waals surface area contributed by atoms with E-state index in [4.69, 9.17) is 16.3 Å². The predicted octanol–water partition coefficient (Wildman–Crippen LogP) is 3.78. The summed E-state index contributed by atoms with van der Waals surface area (Å²) >= 11 is 8.99. The van der Waals surface area contributed by atoms with Gasteiger partial charge in [0.2, 0.25) is 0 Å². The summed E-state index contributed by atoms with van der Waals surface area (Å²) in [6, 6.07) is 4.53. The molecule has 0 atom stereocenters. The predicted molar refractivity (Wildman–Crippen MR) is 71.0 cm³/mol. The second-order valence-electron chi connectivity index (χ2n) is 3.31. The zero-order chi connectivity index (χ0) is 13.1. The minimum absolute atomic E-state index is 0.0390. The summed E-state index contributed by atoms with van der Waals surface area (Å²) in [4.78, 5) is 8.03. The minimum Gasteiger partial charge on any atom is -0.467 e. The van der Waals surface area contributed by atoms with Crippen molar-refractivity contribution in [3.63, 3.8) is 0 Å². The van der Waals surface area contributed by atoms with Crippen LogP contribution < -0.4 is 10.1 Å². The summed E-state index contributed by atoms with van der Waals surface area (Å²) in [5.41, 5.74) is 0.614. The van der Waals surface area contributed by atoms with Gasteiger partial charge in [-0.1, -0.05) is 11.6 Å². The van der Waals surface area contributed by atoms with Gasteiger partial charge < -0.3 is 10.1 Å². The highest BCUT2D eigenvalue weighted by molar-refractivity contribution is 9.10. The Balaban J connectivity index is 2.30. The number of aromatic nitrogens is 2. The van der Waals surface area contributed by atoms with Gasteiger partial charge in [-0.3, -0.25) is 0 Å². The zero-order valence-corrected chi connectivity index (χ0v) is 11.6. The number of halogens is 3. The molecule has 0 unspecified atom stereocenters. The van der Waals surface area contributed by atoms with E-state index >= 15 is 0 Å². The van der Waals surface area contributed by atoms with Crippen LogP contribution in [-0.4, -0.2) is 17.1 Å². The van der Waals surface area contributed by atoms with E-state index in [1.54, 1.807) is 12.3 Å². The Kier molecular flexibility index (Phi) is 3.98. The summed E-state index contributed by atoms with van der Waals surface area (Å²) in [7, 11) is 1.47. The summed E-state index contributed by atoms with van der Waals surface area (Å²) in [6.45, 7) is 0. The summed E-state index contributed by atoms with van der Waals surface area (Å²) in [5.74, 6) is 0.0334. The fraction of sp³-hybridized carbons (Fsp3) is 0.0909. The first kappa shape index (κ1) is 13.0. The second-order valence-corrected chi connectivity index (χ2v) is 4.57. The van der Waals surface area contributed by atoms with Crippen molar-refractivity contribution in [2.24, 2.45) is 0 Å². The molecule has 0 aliphatic rings. The van der Waals surface area contributed by atoms with Crippen molar-refractivity contribution in [2.45, 2.75) is 0 Å². The van der Waals surface area contributed by atoms with Gasteiger partial charge in [-0.2, -0.15) is 4.98 Å². The molecule has 1 aromatic carbocycles. The van der Waals surface area contributed by atoms with Gasteiger partial charge in [-0.25, -0.2) is 9.37 Å². The number of anilines is 2. The molecule has 2 rings (SSSR count). The van der Waals surface area contributed by atoms with E-state index in [9.17, 15) is 4.39 Å². The topological polar surface area (TPSA) is 47.0 Å². The number of benzene rings is 1. The van der Waals surface area contributed by atoms with Gasteiger partial charge in [-0.05, 0) is 34.1 Å². The van der Waals surface area contributed by atoms with Crippen LogP contribution in [0.5, 0.6) is 6.01 Å². The monoisotopic (exact) mass is 331 g/mol. The third-order valence-electron chi connectivity index (χ3n) is 2.09. The molecule has 0 saturated carbocycles. The fourth-order valence-corrected chi connectivity index (χ4v) is 1.72. The first-order valence-corrected chi connectivity index (χ1v) is 6.06. The van der Waals surface area contributed by atoms with Crippen LogP contribution in [0.15, 0.2) is 28.9 Å². The molecule has 1 heterocycles. The van der Waals surface area contributed by atoms with Crippen LogP contribution in [0.4, 0.5) is 15.9 Å². The molecule has 2 aromatic rings. The summed E-state index contributed by atoms with van der Waals surface area (Å²) in [5, 5.41) is 3.02. The van der Waals surface area contributed by atoms with Crippen molar-refractivity contribution in [3.05, 3.63) is 39.7 Å². The van der Waals surface area contributed by atoms with Crippen LogP contribution in [0.25, 0.3) is 0 Å². The maximum Gasteiger partial charge on any atom is 0.318 e. The molecule has 0 radical (unpaired) electrons. The van der Waals surface area contributed by atoms with Crippen molar-refractivity contribution in [3.8, 4) is 6.01 Å². The highest BCUT2D eigenvalue weighted by Gasteiger charge is 2.07. The van der Waals surface area contributed by atoms with Crippen molar-refractivity contribution in [2.75, 3.05) is 12.4 Å². The molecule has 1 N–H and O–H groups in total. The maximum absolute atomic E-state index is 13.0. The third kappa shape index (κ3) is 2.88. The van der Waals surface area contributed by atoms with Crippen LogP contribution in [0.3, 0.4) is 0 Å². The van der Waals surface area contributed by atoms with E-state index in [0.29, 0.717) is 16.0 Å². The average Bonchev–Trinajstić information content (AvgIpc) is 2.36. The van der Waals surface area contributed by atoms with Gasteiger partial charge in [0.15, 0.2) is 5.82 Å².